The fourth-order valence-corrected chi connectivity index (χ4v) is 5.42. The van der Waals surface area contributed by atoms with Crippen molar-refractivity contribution in [2.75, 3.05) is 32.0 Å². The molecule has 1 fully saturated rings. The standard InChI is InChI=1S/C22H29N5O7S2/c1-11-8-35-19-15(25-17(29)14(26-32-6)12-9-36-21(23-5)24-12)18(30)27(19)16(11)20(31)34-10-33-13(28)7-22(2,3)4/h9,15,19H,7-8,10H2,1-6H3,(H,23,24)(H,25,29)/b26-14-/t15-,19-/m1/s1. The molecule has 2 aliphatic heterocycles. The summed E-state index contributed by atoms with van der Waals surface area (Å²) in [5, 5.41) is 11.0. The number of ether oxygens (including phenoxy) is 2. The molecule has 1 saturated heterocycles. The number of β-lactam (4-membered cyclic amide) rings is 1. The van der Waals surface area contributed by atoms with Gasteiger partial charge in [-0.25, -0.2) is 9.78 Å². The highest BCUT2D eigenvalue weighted by Crippen LogP contribution is 2.40. The Labute approximate surface area is 216 Å². The number of amides is 2. The molecule has 3 heterocycles. The molecule has 12 nitrogen and oxygen atoms in total. The average Bonchev–Trinajstić information content (AvgIpc) is 3.28. The summed E-state index contributed by atoms with van der Waals surface area (Å²) in [5.74, 6) is -1.92. The number of hydrogen-bond donors (Lipinski definition) is 2. The molecular weight excluding hydrogens is 510 g/mol. The molecule has 1 aromatic heterocycles. The van der Waals surface area contributed by atoms with Crippen molar-refractivity contribution in [1.82, 2.24) is 15.2 Å². The number of fused-ring (bicyclic) bond motifs is 1. The van der Waals surface area contributed by atoms with Gasteiger partial charge in [0, 0.05) is 18.2 Å². The second-order valence-corrected chi connectivity index (χ2v) is 11.2. The zero-order valence-electron chi connectivity index (χ0n) is 20.9. The maximum absolute atomic E-state index is 13.0. The zero-order valence-corrected chi connectivity index (χ0v) is 22.5. The Hall–Kier alpha value is -3.13. The average molecular weight is 540 g/mol. The molecule has 0 bridgehead atoms. The summed E-state index contributed by atoms with van der Waals surface area (Å²) in [5.41, 5.74) is 0.685. The number of anilines is 1. The van der Waals surface area contributed by atoms with E-state index < -0.39 is 42.0 Å². The Morgan fingerprint density at radius 1 is 1.28 bits per heavy atom. The van der Waals surface area contributed by atoms with E-state index in [9.17, 15) is 19.2 Å². The highest BCUT2D eigenvalue weighted by molar-refractivity contribution is 8.00. The van der Waals surface area contributed by atoms with E-state index in [1.54, 1.807) is 19.4 Å². The highest BCUT2D eigenvalue weighted by Gasteiger charge is 2.54. The van der Waals surface area contributed by atoms with E-state index in [2.05, 4.69) is 20.8 Å². The first kappa shape index (κ1) is 27.5. The third kappa shape index (κ3) is 6.16. The molecule has 1 aromatic rings. The van der Waals surface area contributed by atoms with Crippen molar-refractivity contribution in [1.29, 1.82) is 0 Å². The van der Waals surface area contributed by atoms with E-state index in [1.807, 2.05) is 20.8 Å². The lowest BCUT2D eigenvalue weighted by molar-refractivity contribution is -0.169. The first-order valence-corrected chi connectivity index (χ1v) is 12.9. The van der Waals surface area contributed by atoms with Crippen LogP contribution in [0.5, 0.6) is 0 Å². The molecule has 0 spiro atoms. The molecule has 0 aromatic carbocycles. The van der Waals surface area contributed by atoms with Crippen LogP contribution in [0.2, 0.25) is 0 Å². The number of hydrogen-bond acceptors (Lipinski definition) is 12. The van der Waals surface area contributed by atoms with Crippen molar-refractivity contribution < 1.29 is 33.5 Å². The van der Waals surface area contributed by atoms with E-state index in [4.69, 9.17) is 14.3 Å². The predicted octanol–water partition coefficient (Wildman–Crippen LogP) is 1.69. The van der Waals surface area contributed by atoms with Crippen molar-refractivity contribution in [2.45, 2.75) is 45.5 Å². The van der Waals surface area contributed by atoms with Crippen LogP contribution in [0.25, 0.3) is 0 Å². The summed E-state index contributed by atoms with van der Waals surface area (Å²) in [6.07, 6.45) is 0.169. The lowest BCUT2D eigenvalue weighted by atomic mass is 9.93. The highest BCUT2D eigenvalue weighted by atomic mass is 32.2. The second-order valence-electron chi connectivity index (χ2n) is 9.20. The minimum Gasteiger partial charge on any atom is -0.428 e. The van der Waals surface area contributed by atoms with Crippen LogP contribution >= 0.6 is 23.1 Å². The molecular formula is C22H29N5O7S2. The van der Waals surface area contributed by atoms with Crippen molar-refractivity contribution in [3.63, 3.8) is 0 Å². The van der Waals surface area contributed by atoms with Gasteiger partial charge in [-0.1, -0.05) is 25.9 Å². The number of carbonyl (C=O) groups is 4. The molecule has 2 amide bonds. The van der Waals surface area contributed by atoms with Gasteiger partial charge in [0.1, 0.15) is 29.9 Å². The molecule has 0 aliphatic carbocycles. The van der Waals surface area contributed by atoms with Gasteiger partial charge in [-0.15, -0.1) is 23.1 Å². The number of nitrogens with zero attached hydrogens (tertiary/aromatic N) is 3. The normalized spacial score (nSPS) is 19.8. The summed E-state index contributed by atoms with van der Waals surface area (Å²) in [7, 11) is 3.00. The zero-order chi connectivity index (χ0) is 26.6. The molecule has 36 heavy (non-hydrogen) atoms. The largest absolute Gasteiger partial charge is 0.428 e. The minimum absolute atomic E-state index is 0.0780. The van der Waals surface area contributed by atoms with Crippen molar-refractivity contribution in [2.24, 2.45) is 10.6 Å². The monoisotopic (exact) mass is 539 g/mol. The van der Waals surface area contributed by atoms with Crippen LogP contribution in [0.3, 0.4) is 0 Å². The minimum atomic E-state index is -0.882. The first-order valence-electron chi connectivity index (χ1n) is 11.0. The molecule has 196 valence electrons. The van der Waals surface area contributed by atoms with Crippen molar-refractivity contribution >= 4 is 57.7 Å². The molecule has 2 N–H and O–H groups in total. The maximum Gasteiger partial charge on any atom is 0.357 e. The summed E-state index contributed by atoms with van der Waals surface area (Å²) in [4.78, 5) is 60.9. The molecule has 2 atom stereocenters. The van der Waals surface area contributed by atoms with E-state index in [0.29, 0.717) is 22.2 Å². The molecule has 0 radical (unpaired) electrons. The Kier molecular flexibility index (Phi) is 8.61. The van der Waals surface area contributed by atoms with Gasteiger partial charge in [0.05, 0.1) is 6.42 Å². The van der Waals surface area contributed by atoms with Gasteiger partial charge in [0.2, 0.25) is 6.79 Å². The van der Waals surface area contributed by atoms with Gasteiger partial charge in [-0.3, -0.25) is 19.3 Å². The topological polar surface area (TPSA) is 149 Å². The molecule has 3 rings (SSSR count). The van der Waals surface area contributed by atoms with Gasteiger partial charge in [0.15, 0.2) is 10.8 Å². The third-order valence-corrected chi connectivity index (χ3v) is 7.37. The molecule has 0 unspecified atom stereocenters. The summed E-state index contributed by atoms with van der Waals surface area (Å²) >= 11 is 2.69. The lowest BCUT2D eigenvalue weighted by Crippen LogP contribution is -2.71. The SMILES string of the molecule is CNc1nc(/C(=N/OC)C(=O)N[C@@H]2C(=O)N3C(C(=O)OCOC(=O)CC(C)(C)C)=C(C)CS[C@H]23)cs1. The van der Waals surface area contributed by atoms with Gasteiger partial charge in [-0.05, 0) is 17.9 Å². The van der Waals surface area contributed by atoms with Gasteiger partial charge in [0.25, 0.3) is 11.8 Å². The molecule has 0 saturated carbocycles. The third-order valence-electron chi connectivity index (χ3n) is 5.08. The number of carbonyl (C=O) groups excluding carboxylic acids is 4. The van der Waals surface area contributed by atoms with Gasteiger partial charge in [-0.2, -0.15) is 0 Å². The predicted molar refractivity (Wildman–Crippen MR) is 134 cm³/mol. The van der Waals surface area contributed by atoms with Crippen LogP contribution < -0.4 is 10.6 Å². The Bertz CT molecular complexity index is 1110. The summed E-state index contributed by atoms with van der Waals surface area (Å²) in [6, 6.07) is -0.882. The number of thiazole rings is 1. The Morgan fingerprint density at radius 2 is 2.00 bits per heavy atom. The second kappa shape index (κ2) is 11.3. The molecule has 14 heteroatoms. The van der Waals surface area contributed by atoms with E-state index in [-0.39, 0.29) is 23.2 Å². The van der Waals surface area contributed by atoms with Crippen LogP contribution in [-0.4, -0.2) is 77.5 Å². The van der Waals surface area contributed by atoms with Crippen LogP contribution in [0.1, 0.15) is 39.8 Å². The van der Waals surface area contributed by atoms with E-state index in [1.165, 1.54) is 35.1 Å². The van der Waals surface area contributed by atoms with Gasteiger partial charge >= 0.3 is 11.9 Å². The van der Waals surface area contributed by atoms with E-state index in [0.717, 1.165) is 0 Å². The van der Waals surface area contributed by atoms with E-state index >= 15 is 0 Å². The van der Waals surface area contributed by atoms with Crippen LogP contribution in [0, 0.1) is 5.41 Å². The maximum atomic E-state index is 13.0. The number of esters is 2. The molecule has 2 aliphatic rings. The number of rotatable bonds is 9. The quantitative estimate of drug-likeness (QED) is 0.156. The summed E-state index contributed by atoms with van der Waals surface area (Å²) in [6.45, 7) is 6.83. The number of thioether (sulfide) groups is 1. The van der Waals surface area contributed by atoms with Gasteiger partial charge < -0.3 is 24.9 Å². The summed E-state index contributed by atoms with van der Waals surface area (Å²) < 4.78 is 10.1. The smallest absolute Gasteiger partial charge is 0.357 e. The van der Waals surface area contributed by atoms with Crippen LogP contribution in [-0.2, 0) is 33.5 Å². The fourth-order valence-electron chi connectivity index (χ4n) is 3.47. The fraction of sp³-hybridized carbons (Fsp3) is 0.545. The van der Waals surface area contributed by atoms with Crippen molar-refractivity contribution in [3.05, 3.63) is 22.3 Å². The van der Waals surface area contributed by atoms with Crippen molar-refractivity contribution in [3.8, 4) is 0 Å². The number of oxime groups is 1. The number of aromatic nitrogens is 1. The lowest BCUT2D eigenvalue weighted by Gasteiger charge is -2.49. The number of nitrogens with one attached hydrogen (secondary N) is 2. The Morgan fingerprint density at radius 3 is 2.61 bits per heavy atom. The van der Waals surface area contributed by atoms with Crippen LogP contribution in [0.4, 0.5) is 5.13 Å². The Balaban J connectivity index is 1.64. The first-order chi connectivity index (χ1) is 17.0. The van der Waals surface area contributed by atoms with Crippen LogP contribution in [0.15, 0.2) is 21.8 Å².